The maximum absolute atomic E-state index is 13.8. The van der Waals surface area contributed by atoms with Crippen molar-refractivity contribution in [3.8, 4) is 23.0 Å². The largest absolute Gasteiger partial charge is 0.497 e. The van der Waals surface area contributed by atoms with Crippen LogP contribution in [0.4, 0.5) is 4.79 Å². The van der Waals surface area contributed by atoms with Gasteiger partial charge in [0.1, 0.15) is 11.3 Å². The Morgan fingerprint density at radius 3 is 2.49 bits per heavy atom. The van der Waals surface area contributed by atoms with Crippen LogP contribution < -0.4 is 18.9 Å². The van der Waals surface area contributed by atoms with Crippen molar-refractivity contribution in [1.29, 1.82) is 0 Å². The van der Waals surface area contributed by atoms with Crippen LogP contribution in [0.15, 0.2) is 36.4 Å². The van der Waals surface area contributed by atoms with Crippen LogP contribution in [-0.4, -0.2) is 86.5 Å². The number of piperidine rings is 1. The number of fused-ring (bicyclic) bond motifs is 1. The van der Waals surface area contributed by atoms with Crippen LogP contribution in [0.1, 0.15) is 24.0 Å². The van der Waals surface area contributed by atoms with Gasteiger partial charge in [-0.15, -0.1) is 0 Å². The van der Waals surface area contributed by atoms with Crippen molar-refractivity contribution in [2.75, 3.05) is 54.4 Å². The van der Waals surface area contributed by atoms with Crippen molar-refractivity contribution in [1.82, 2.24) is 14.7 Å². The van der Waals surface area contributed by atoms with Crippen LogP contribution in [0.5, 0.6) is 23.0 Å². The number of carbonyl (C=O) groups is 2. The second-order valence-corrected chi connectivity index (χ2v) is 9.51. The topological polar surface area (TPSA) is 90.0 Å². The average Bonchev–Trinajstić information content (AvgIpc) is 3.46. The summed E-state index contributed by atoms with van der Waals surface area (Å²) in [5.74, 6) is 2.51. The lowest BCUT2D eigenvalue weighted by atomic mass is 9.85. The molecule has 2 fully saturated rings. The molecule has 0 N–H and O–H groups in total. The van der Waals surface area contributed by atoms with E-state index in [0.717, 1.165) is 11.1 Å². The molecule has 3 aliphatic rings. The van der Waals surface area contributed by atoms with Gasteiger partial charge in [-0.1, -0.05) is 12.1 Å². The SMILES string of the molecule is COCCN1C(=O)N(Cc2cccc(OC)c2)C(=O)C12CCN(Cc1cc(OC)c3c(c1)OCO3)CC2. The molecule has 3 heterocycles. The molecular weight excluding hydrogens is 478 g/mol. The van der Waals surface area contributed by atoms with Crippen molar-refractivity contribution in [3.05, 3.63) is 47.5 Å². The van der Waals surface area contributed by atoms with E-state index in [9.17, 15) is 9.59 Å². The Balaban J connectivity index is 1.32. The van der Waals surface area contributed by atoms with Gasteiger partial charge in [-0.2, -0.15) is 0 Å². The van der Waals surface area contributed by atoms with Crippen LogP contribution in [0.3, 0.4) is 0 Å². The summed E-state index contributed by atoms with van der Waals surface area (Å²) < 4.78 is 27.1. The molecule has 2 saturated heterocycles. The van der Waals surface area contributed by atoms with Gasteiger partial charge >= 0.3 is 6.03 Å². The summed E-state index contributed by atoms with van der Waals surface area (Å²) in [7, 11) is 4.81. The van der Waals surface area contributed by atoms with E-state index in [4.69, 9.17) is 23.7 Å². The first-order valence-corrected chi connectivity index (χ1v) is 12.4. The molecule has 5 rings (SSSR count). The molecule has 10 heteroatoms. The van der Waals surface area contributed by atoms with E-state index in [-0.39, 0.29) is 25.3 Å². The number of hydrogen-bond donors (Lipinski definition) is 0. The van der Waals surface area contributed by atoms with E-state index >= 15 is 0 Å². The number of hydrogen-bond acceptors (Lipinski definition) is 8. The molecule has 198 valence electrons. The van der Waals surface area contributed by atoms with Crippen LogP contribution in [0.2, 0.25) is 0 Å². The Labute approximate surface area is 216 Å². The third-order valence-electron chi connectivity index (χ3n) is 7.42. The monoisotopic (exact) mass is 511 g/mol. The molecular formula is C27H33N3O7. The van der Waals surface area contributed by atoms with Crippen molar-refractivity contribution < 1.29 is 33.3 Å². The van der Waals surface area contributed by atoms with E-state index < -0.39 is 5.54 Å². The first-order chi connectivity index (χ1) is 18.0. The number of ether oxygens (including phenoxy) is 5. The molecule has 3 aliphatic heterocycles. The smallest absolute Gasteiger partial charge is 0.328 e. The number of benzene rings is 2. The third-order valence-corrected chi connectivity index (χ3v) is 7.42. The summed E-state index contributed by atoms with van der Waals surface area (Å²) >= 11 is 0. The number of imide groups is 1. The third kappa shape index (κ3) is 4.67. The summed E-state index contributed by atoms with van der Waals surface area (Å²) in [6.45, 7) is 3.15. The van der Waals surface area contributed by atoms with Gasteiger partial charge in [-0.05, 0) is 48.2 Å². The number of rotatable bonds is 9. The lowest BCUT2D eigenvalue weighted by molar-refractivity contribution is -0.136. The molecule has 2 aromatic rings. The molecule has 0 aliphatic carbocycles. The fraction of sp³-hybridized carbons (Fsp3) is 0.481. The van der Waals surface area contributed by atoms with Gasteiger partial charge in [0, 0.05) is 33.3 Å². The van der Waals surface area contributed by atoms with Crippen LogP contribution in [0, 0.1) is 0 Å². The number of carbonyl (C=O) groups excluding carboxylic acids is 2. The van der Waals surface area contributed by atoms with Crippen molar-refractivity contribution >= 4 is 11.9 Å². The zero-order chi connectivity index (χ0) is 26.0. The summed E-state index contributed by atoms with van der Waals surface area (Å²) in [5, 5.41) is 0. The molecule has 37 heavy (non-hydrogen) atoms. The molecule has 10 nitrogen and oxygen atoms in total. The molecule has 0 bridgehead atoms. The Bertz CT molecular complexity index is 1160. The highest BCUT2D eigenvalue weighted by Crippen LogP contribution is 2.43. The second kappa shape index (κ2) is 10.5. The maximum Gasteiger partial charge on any atom is 0.328 e. The highest BCUT2D eigenvalue weighted by atomic mass is 16.7. The van der Waals surface area contributed by atoms with Gasteiger partial charge in [0.05, 0.1) is 27.4 Å². The minimum atomic E-state index is -0.864. The fourth-order valence-electron chi connectivity index (χ4n) is 5.47. The van der Waals surface area contributed by atoms with Crippen LogP contribution >= 0.6 is 0 Å². The van der Waals surface area contributed by atoms with Crippen LogP contribution in [0.25, 0.3) is 0 Å². The van der Waals surface area contributed by atoms with Gasteiger partial charge in [0.15, 0.2) is 11.5 Å². The van der Waals surface area contributed by atoms with E-state index in [0.29, 0.717) is 68.6 Å². The van der Waals surface area contributed by atoms with E-state index in [1.165, 1.54) is 4.90 Å². The Morgan fingerprint density at radius 1 is 0.946 bits per heavy atom. The lowest BCUT2D eigenvalue weighted by Gasteiger charge is -2.42. The zero-order valence-corrected chi connectivity index (χ0v) is 21.5. The molecule has 1 spiro atoms. The standard InChI is InChI=1S/C27H33N3O7/c1-33-12-11-30-26(32)29(17-19-5-4-6-21(13-19)34-2)25(31)27(30)7-9-28(10-8-27)16-20-14-22(35-3)24-23(15-20)36-18-37-24/h4-6,13-15H,7-12,16-18H2,1-3H3. The zero-order valence-electron chi connectivity index (χ0n) is 21.5. The summed E-state index contributed by atoms with van der Waals surface area (Å²) in [6, 6.07) is 11.1. The Morgan fingerprint density at radius 2 is 1.76 bits per heavy atom. The molecule has 3 amide bonds. The normalized spacial score (nSPS) is 18.7. The summed E-state index contributed by atoms with van der Waals surface area (Å²) in [4.78, 5) is 32.7. The number of urea groups is 1. The highest BCUT2D eigenvalue weighted by molar-refractivity contribution is 6.07. The predicted molar refractivity (Wildman–Crippen MR) is 134 cm³/mol. The number of methoxy groups -OCH3 is 3. The summed E-state index contributed by atoms with van der Waals surface area (Å²) in [5.41, 5.74) is 1.03. The predicted octanol–water partition coefficient (Wildman–Crippen LogP) is 2.88. The number of nitrogens with zero attached hydrogens (tertiary/aromatic N) is 3. The van der Waals surface area contributed by atoms with E-state index in [1.807, 2.05) is 36.4 Å². The van der Waals surface area contributed by atoms with Gasteiger partial charge in [-0.25, -0.2) is 4.79 Å². The molecule has 0 unspecified atom stereocenters. The number of amides is 3. The van der Waals surface area contributed by atoms with Crippen molar-refractivity contribution in [2.45, 2.75) is 31.5 Å². The molecule has 0 saturated carbocycles. The first kappa shape index (κ1) is 25.2. The average molecular weight is 512 g/mol. The summed E-state index contributed by atoms with van der Waals surface area (Å²) in [6.07, 6.45) is 1.11. The second-order valence-electron chi connectivity index (χ2n) is 9.51. The van der Waals surface area contributed by atoms with E-state index in [2.05, 4.69) is 4.90 Å². The van der Waals surface area contributed by atoms with Crippen LogP contribution in [-0.2, 0) is 22.6 Å². The minimum Gasteiger partial charge on any atom is -0.497 e. The van der Waals surface area contributed by atoms with Gasteiger partial charge < -0.3 is 28.6 Å². The van der Waals surface area contributed by atoms with Gasteiger partial charge in [0.25, 0.3) is 5.91 Å². The Hall–Kier alpha value is -3.50. The quantitative estimate of drug-likeness (QED) is 0.475. The van der Waals surface area contributed by atoms with Gasteiger partial charge in [-0.3, -0.25) is 14.6 Å². The first-order valence-electron chi connectivity index (χ1n) is 12.4. The van der Waals surface area contributed by atoms with Crippen molar-refractivity contribution in [3.63, 3.8) is 0 Å². The Kier molecular flexibility index (Phi) is 7.12. The highest BCUT2D eigenvalue weighted by Gasteiger charge is 2.57. The number of likely N-dealkylation sites (tertiary alicyclic amines) is 1. The molecule has 0 radical (unpaired) electrons. The van der Waals surface area contributed by atoms with Gasteiger partial charge in [0.2, 0.25) is 12.5 Å². The fourth-order valence-corrected chi connectivity index (χ4v) is 5.47. The molecule has 0 atom stereocenters. The van der Waals surface area contributed by atoms with Crippen molar-refractivity contribution in [2.24, 2.45) is 0 Å². The molecule has 0 aromatic heterocycles. The minimum absolute atomic E-state index is 0.138. The maximum atomic E-state index is 13.8. The molecule has 2 aromatic carbocycles. The lowest BCUT2D eigenvalue weighted by Crippen LogP contribution is -2.57. The van der Waals surface area contributed by atoms with E-state index in [1.54, 1.807) is 26.2 Å².